The predicted molar refractivity (Wildman–Crippen MR) is 137 cm³/mol. The molecule has 186 valence electrons. The van der Waals surface area contributed by atoms with Gasteiger partial charge in [-0.25, -0.2) is 8.42 Å². The van der Waals surface area contributed by atoms with Gasteiger partial charge in [0.1, 0.15) is 12.6 Å². The molecule has 34 heavy (non-hydrogen) atoms. The molecule has 8 heteroatoms. The van der Waals surface area contributed by atoms with Crippen molar-refractivity contribution in [3.63, 3.8) is 0 Å². The number of nitrogens with one attached hydrogen (secondary N) is 1. The Kier molecular flexibility index (Phi) is 8.89. The average molecular weight is 488 g/mol. The molecule has 0 saturated carbocycles. The van der Waals surface area contributed by atoms with Crippen molar-refractivity contribution in [1.29, 1.82) is 0 Å². The highest BCUT2D eigenvalue weighted by Gasteiger charge is 2.33. The normalized spacial score (nSPS) is 12.7. The van der Waals surface area contributed by atoms with E-state index in [-0.39, 0.29) is 12.5 Å². The van der Waals surface area contributed by atoms with Gasteiger partial charge in [0.25, 0.3) is 0 Å². The number of carbonyl (C=O) groups excluding carboxylic acids is 2. The molecule has 0 saturated heterocycles. The van der Waals surface area contributed by atoms with Gasteiger partial charge in [-0.1, -0.05) is 48.9 Å². The number of amides is 2. The predicted octanol–water partition coefficient (Wildman–Crippen LogP) is 3.79. The SMILES string of the molecule is CC[C@@H](C(=O)NC(C)(C)C)N(Cc1cccc(C)c1)C(=O)CN(c1cccc(C)c1)S(C)(=O)=O. The third-order valence-corrected chi connectivity index (χ3v) is 6.43. The third kappa shape index (κ3) is 7.87. The van der Waals surface area contributed by atoms with Crippen molar-refractivity contribution < 1.29 is 18.0 Å². The van der Waals surface area contributed by atoms with Crippen molar-refractivity contribution in [3.8, 4) is 0 Å². The number of benzene rings is 2. The van der Waals surface area contributed by atoms with Crippen LogP contribution in [-0.2, 0) is 26.2 Å². The minimum atomic E-state index is -3.74. The molecule has 0 unspecified atom stereocenters. The molecule has 2 rings (SSSR count). The Balaban J connectivity index is 2.46. The fourth-order valence-corrected chi connectivity index (χ4v) is 4.62. The Bertz CT molecular complexity index is 1120. The molecular weight excluding hydrogens is 450 g/mol. The monoisotopic (exact) mass is 487 g/mol. The van der Waals surface area contributed by atoms with Gasteiger partial charge in [0.2, 0.25) is 21.8 Å². The highest BCUT2D eigenvalue weighted by Crippen LogP contribution is 2.21. The molecule has 0 aromatic heterocycles. The second-order valence-electron chi connectivity index (χ2n) is 9.78. The van der Waals surface area contributed by atoms with Gasteiger partial charge in [-0.3, -0.25) is 13.9 Å². The lowest BCUT2D eigenvalue weighted by atomic mass is 10.0. The molecule has 0 fully saturated rings. The Morgan fingerprint density at radius 3 is 2.09 bits per heavy atom. The molecule has 1 atom stereocenters. The van der Waals surface area contributed by atoms with Crippen molar-refractivity contribution in [3.05, 3.63) is 65.2 Å². The van der Waals surface area contributed by atoms with Crippen LogP contribution in [0.5, 0.6) is 0 Å². The molecule has 0 aliphatic carbocycles. The summed E-state index contributed by atoms with van der Waals surface area (Å²) in [6, 6.07) is 14.0. The highest BCUT2D eigenvalue weighted by molar-refractivity contribution is 7.92. The van der Waals surface area contributed by atoms with Crippen molar-refractivity contribution in [2.75, 3.05) is 17.1 Å². The van der Waals surface area contributed by atoms with Crippen LogP contribution in [0.25, 0.3) is 0 Å². The van der Waals surface area contributed by atoms with Crippen LogP contribution in [-0.4, -0.2) is 49.5 Å². The first-order valence-corrected chi connectivity index (χ1v) is 13.3. The molecule has 2 amide bonds. The molecule has 0 aliphatic heterocycles. The van der Waals surface area contributed by atoms with Crippen LogP contribution in [0.3, 0.4) is 0 Å². The second-order valence-corrected chi connectivity index (χ2v) is 11.7. The number of rotatable bonds is 9. The van der Waals surface area contributed by atoms with Gasteiger partial charge in [-0.05, 0) is 64.3 Å². The van der Waals surface area contributed by atoms with E-state index in [0.29, 0.717) is 12.1 Å². The van der Waals surface area contributed by atoms with Gasteiger partial charge in [-0.2, -0.15) is 0 Å². The summed E-state index contributed by atoms with van der Waals surface area (Å²) in [7, 11) is -3.74. The van der Waals surface area contributed by atoms with E-state index in [4.69, 9.17) is 0 Å². The Morgan fingerprint density at radius 2 is 1.59 bits per heavy atom. The first kappa shape index (κ1) is 27.4. The van der Waals surface area contributed by atoms with Gasteiger partial charge >= 0.3 is 0 Å². The topological polar surface area (TPSA) is 86.8 Å². The van der Waals surface area contributed by atoms with E-state index in [1.165, 1.54) is 4.90 Å². The molecule has 2 aromatic rings. The quantitative estimate of drug-likeness (QED) is 0.583. The Labute approximate surface area is 204 Å². The number of sulfonamides is 1. The number of aryl methyl sites for hydroxylation is 2. The lowest BCUT2D eigenvalue weighted by Crippen LogP contribution is -2.55. The highest BCUT2D eigenvalue weighted by atomic mass is 32.2. The molecule has 0 spiro atoms. The van der Waals surface area contributed by atoms with Crippen LogP contribution in [0.15, 0.2) is 48.5 Å². The van der Waals surface area contributed by atoms with E-state index in [0.717, 1.165) is 27.3 Å². The van der Waals surface area contributed by atoms with Crippen LogP contribution < -0.4 is 9.62 Å². The van der Waals surface area contributed by atoms with Crippen LogP contribution in [0, 0.1) is 13.8 Å². The van der Waals surface area contributed by atoms with Crippen LogP contribution in [0.2, 0.25) is 0 Å². The van der Waals surface area contributed by atoms with Gasteiger partial charge in [-0.15, -0.1) is 0 Å². The van der Waals surface area contributed by atoms with E-state index in [9.17, 15) is 18.0 Å². The minimum Gasteiger partial charge on any atom is -0.350 e. The summed E-state index contributed by atoms with van der Waals surface area (Å²) in [6.07, 6.45) is 1.47. The van der Waals surface area contributed by atoms with Crippen molar-refractivity contribution in [1.82, 2.24) is 10.2 Å². The first-order valence-electron chi connectivity index (χ1n) is 11.4. The summed E-state index contributed by atoms with van der Waals surface area (Å²) in [4.78, 5) is 28.3. The molecule has 0 heterocycles. The lowest BCUT2D eigenvalue weighted by molar-refractivity contribution is -0.141. The molecule has 2 aromatic carbocycles. The third-order valence-electron chi connectivity index (χ3n) is 5.29. The van der Waals surface area contributed by atoms with Crippen molar-refractivity contribution in [2.24, 2.45) is 0 Å². The Morgan fingerprint density at radius 1 is 1.00 bits per heavy atom. The van der Waals surface area contributed by atoms with Gasteiger partial charge < -0.3 is 10.2 Å². The minimum absolute atomic E-state index is 0.196. The van der Waals surface area contributed by atoms with E-state index in [1.54, 1.807) is 18.2 Å². The fraction of sp³-hybridized carbons (Fsp3) is 0.462. The van der Waals surface area contributed by atoms with Gasteiger partial charge in [0, 0.05) is 12.1 Å². The lowest BCUT2D eigenvalue weighted by Gasteiger charge is -2.34. The van der Waals surface area contributed by atoms with E-state index in [2.05, 4.69) is 5.32 Å². The van der Waals surface area contributed by atoms with Gasteiger partial charge in [0.15, 0.2) is 0 Å². The summed E-state index contributed by atoms with van der Waals surface area (Å²) in [5.74, 6) is -0.707. The van der Waals surface area contributed by atoms with Gasteiger partial charge in [0.05, 0.1) is 11.9 Å². The Hall–Kier alpha value is -2.87. The number of carbonyl (C=O) groups is 2. The zero-order valence-electron chi connectivity index (χ0n) is 21.3. The summed E-state index contributed by atoms with van der Waals surface area (Å²) < 4.78 is 26.4. The second kappa shape index (κ2) is 11.0. The molecule has 1 N–H and O–H groups in total. The van der Waals surface area contributed by atoms with Crippen LogP contribution in [0.4, 0.5) is 5.69 Å². The van der Waals surface area contributed by atoms with E-state index in [1.807, 2.05) is 71.9 Å². The summed E-state index contributed by atoms with van der Waals surface area (Å²) in [5.41, 5.74) is 2.74. The maximum absolute atomic E-state index is 13.7. The number of nitrogens with zero attached hydrogens (tertiary/aromatic N) is 2. The zero-order valence-corrected chi connectivity index (χ0v) is 22.1. The molecular formula is C26H37N3O4S. The van der Waals surface area contributed by atoms with E-state index >= 15 is 0 Å². The zero-order chi connectivity index (χ0) is 25.7. The number of anilines is 1. The summed E-state index contributed by atoms with van der Waals surface area (Å²) in [6.45, 7) is 11.1. The number of hydrogen-bond donors (Lipinski definition) is 1. The van der Waals surface area contributed by atoms with Crippen molar-refractivity contribution in [2.45, 2.75) is 66.1 Å². The maximum atomic E-state index is 13.7. The summed E-state index contributed by atoms with van der Waals surface area (Å²) in [5, 5.41) is 2.96. The first-order chi connectivity index (χ1) is 15.7. The summed E-state index contributed by atoms with van der Waals surface area (Å²) >= 11 is 0. The largest absolute Gasteiger partial charge is 0.350 e. The molecule has 0 aliphatic rings. The average Bonchev–Trinajstić information content (AvgIpc) is 2.69. The van der Waals surface area contributed by atoms with Crippen LogP contribution >= 0.6 is 0 Å². The van der Waals surface area contributed by atoms with E-state index < -0.39 is 34.1 Å². The smallest absolute Gasteiger partial charge is 0.244 e. The molecule has 0 radical (unpaired) electrons. The van der Waals surface area contributed by atoms with Crippen molar-refractivity contribution >= 4 is 27.5 Å². The fourth-order valence-electron chi connectivity index (χ4n) is 3.78. The molecule has 7 nitrogen and oxygen atoms in total. The maximum Gasteiger partial charge on any atom is 0.244 e. The molecule has 0 bridgehead atoms. The number of hydrogen-bond acceptors (Lipinski definition) is 4. The standard InChI is InChI=1S/C26H37N3O4S/c1-8-23(25(31)27-26(4,5)6)28(17-21-13-9-11-19(2)15-21)24(30)18-29(34(7,32)33)22-14-10-12-20(3)16-22/h9-16,23H,8,17-18H2,1-7H3,(H,27,31)/t23-/m0/s1. The van der Waals surface area contributed by atoms with Crippen LogP contribution in [0.1, 0.15) is 50.8 Å².